The number of rotatable bonds is 4. The molecule has 0 heterocycles. The second kappa shape index (κ2) is 9.32. The predicted molar refractivity (Wildman–Crippen MR) is 155 cm³/mol. The molecule has 0 spiro atoms. The zero-order valence-electron chi connectivity index (χ0n) is 20.7. The summed E-state index contributed by atoms with van der Waals surface area (Å²) in [5.41, 5.74) is 12.7. The van der Waals surface area contributed by atoms with Crippen LogP contribution in [0.4, 0.5) is 0 Å². The molecule has 0 nitrogen and oxygen atoms in total. The van der Waals surface area contributed by atoms with Crippen LogP contribution in [-0.2, 0) is 0 Å². The lowest BCUT2D eigenvalue weighted by Gasteiger charge is -2.26. The molecule has 6 rings (SSSR count). The van der Waals surface area contributed by atoms with Gasteiger partial charge in [0.2, 0.25) is 0 Å². The molecule has 0 saturated heterocycles. The van der Waals surface area contributed by atoms with E-state index in [-0.39, 0.29) is 0 Å². The second-order valence-corrected chi connectivity index (χ2v) is 9.41. The highest BCUT2D eigenvalue weighted by Gasteiger charge is 2.25. The summed E-state index contributed by atoms with van der Waals surface area (Å²) in [5, 5.41) is 2.66. The first kappa shape index (κ1) is 22.1. The highest BCUT2D eigenvalue weighted by atomic mass is 14.3. The van der Waals surface area contributed by atoms with Crippen molar-refractivity contribution in [3.8, 4) is 44.5 Å². The molecule has 6 aromatic rings. The third kappa shape index (κ3) is 3.72. The van der Waals surface area contributed by atoms with E-state index >= 15 is 0 Å². The van der Waals surface area contributed by atoms with Crippen molar-refractivity contribution >= 4 is 10.8 Å². The molecule has 0 atom stereocenters. The summed E-state index contributed by atoms with van der Waals surface area (Å²) in [6.45, 7) is 4.50. The van der Waals surface area contributed by atoms with Gasteiger partial charge >= 0.3 is 0 Å². The van der Waals surface area contributed by atoms with Crippen molar-refractivity contribution in [3.63, 3.8) is 0 Å². The Morgan fingerprint density at radius 3 is 0.806 bits per heavy atom. The maximum Gasteiger partial charge on any atom is -0.00140 e. The Balaban J connectivity index is 1.96. The minimum absolute atomic E-state index is 1.23. The smallest absolute Gasteiger partial charge is 0.00140 e. The van der Waals surface area contributed by atoms with Gasteiger partial charge in [0.15, 0.2) is 0 Å². The van der Waals surface area contributed by atoms with Gasteiger partial charge in [-0.2, -0.15) is 0 Å². The third-order valence-corrected chi connectivity index (χ3v) is 7.12. The Morgan fingerprint density at radius 1 is 0.278 bits per heavy atom. The molecule has 0 bridgehead atoms. The molecular weight excluding hydrogens is 432 g/mol. The van der Waals surface area contributed by atoms with Gasteiger partial charge in [0.25, 0.3) is 0 Å². The Kier molecular flexibility index (Phi) is 5.71. The van der Waals surface area contributed by atoms with E-state index in [1.807, 2.05) is 0 Å². The van der Waals surface area contributed by atoms with Crippen molar-refractivity contribution in [2.45, 2.75) is 13.8 Å². The van der Waals surface area contributed by atoms with Crippen molar-refractivity contribution in [1.29, 1.82) is 0 Å². The minimum Gasteiger partial charge on any atom is -0.0622 e. The lowest BCUT2D eigenvalue weighted by atomic mass is 9.77. The van der Waals surface area contributed by atoms with E-state index in [0.29, 0.717) is 0 Å². The van der Waals surface area contributed by atoms with Gasteiger partial charge in [0.05, 0.1) is 0 Å². The minimum atomic E-state index is 1.23. The number of benzene rings is 6. The molecule has 0 radical (unpaired) electrons. The van der Waals surface area contributed by atoms with E-state index in [1.165, 1.54) is 66.4 Å². The van der Waals surface area contributed by atoms with E-state index in [1.54, 1.807) is 0 Å². The van der Waals surface area contributed by atoms with Crippen molar-refractivity contribution in [2.75, 3.05) is 0 Å². The highest BCUT2D eigenvalue weighted by Crippen LogP contribution is 2.52. The molecule has 0 unspecified atom stereocenters. The first-order valence-electron chi connectivity index (χ1n) is 12.6. The molecule has 0 amide bonds. The zero-order chi connectivity index (χ0) is 24.5. The van der Waals surface area contributed by atoms with Crippen LogP contribution < -0.4 is 0 Å². The topological polar surface area (TPSA) is 0 Å². The highest BCUT2D eigenvalue weighted by molar-refractivity contribution is 6.19. The summed E-state index contributed by atoms with van der Waals surface area (Å²) in [7, 11) is 0. The van der Waals surface area contributed by atoms with Crippen LogP contribution in [0.3, 0.4) is 0 Å². The number of hydrogen-bond acceptors (Lipinski definition) is 0. The summed E-state index contributed by atoms with van der Waals surface area (Å²) in [6, 6.07) is 48.1. The van der Waals surface area contributed by atoms with Crippen LogP contribution in [0, 0.1) is 13.8 Å². The third-order valence-electron chi connectivity index (χ3n) is 7.12. The number of aryl methyl sites for hydroxylation is 2. The van der Waals surface area contributed by atoms with Gasteiger partial charge in [-0.05, 0) is 80.3 Å². The molecule has 0 aromatic heterocycles. The van der Waals surface area contributed by atoms with Crippen LogP contribution in [-0.4, -0.2) is 0 Å². The van der Waals surface area contributed by atoms with Crippen LogP contribution in [0.2, 0.25) is 0 Å². The van der Waals surface area contributed by atoms with E-state index in [9.17, 15) is 0 Å². The molecule has 36 heavy (non-hydrogen) atoms. The molecule has 0 N–H and O–H groups in total. The number of fused-ring (bicyclic) bond motifs is 1. The van der Waals surface area contributed by atoms with Crippen molar-refractivity contribution in [3.05, 3.63) is 145 Å². The van der Waals surface area contributed by atoms with Crippen molar-refractivity contribution < 1.29 is 0 Å². The summed E-state index contributed by atoms with van der Waals surface area (Å²) >= 11 is 0. The van der Waals surface area contributed by atoms with Gasteiger partial charge in [-0.25, -0.2) is 0 Å². The zero-order valence-corrected chi connectivity index (χ0v) is 20.7. The quantitative estimate of drug-likeness (QED) is 0.245. The standard InChI is InChI=1S/C36H28/c1-25-23-24-26(2)32-31(25)33(27-15-7-3-8-16-27)35(29-19-11-5-12-20-29)36(30-21-13-6-14-22-30)34(32)28-17-9-4-10-18-28/h3-24H,1-2H3. The van der Waals surface area contributed by atoms with Crippen molar-refractivity contribution in [2.24, 2.45) is 0 Å². The molecular formula is C36H28. The van der Waals surface area contributed by atoms with Crippen LogP contribution >= 0.6 is 0 Å². The average molecular weight is 461 g/mol. The van der Waals surface area contributed by atoms with Gasteiger partial charge in [0.1, 0.15) is 0 Å². The average Bonchev–Trinajstić information content (AvgIpc) is 2.95. The summed E-state index contributed by atoms with van der Waals surface area (Å²) < 4.78 is 0. The molecule has 0 aliphatic rings. The van der Waals surface area contributed by atoms with Gasteiger partial charge in [-0.3, -0.25) is 0 Å². The molecule has 172 valence electrons. The predicted octanol–water partition coefficient (Wildman–Crippen LogP) is 10.1. The fourth-order valence-electron chi connectivity index (χ4n) is 5.53. The van der Waals surface area contributed by atoms with E-state index in [4.69, 9.17) is 0 Å². The first-order valence-corrected chi connectivity index (χ1v) is 12.6. The summed E-state index contributed by atoms with van der Waals surface area (Å²) in [6.07, 6.45) is 0. The lowest BCUT2D eigenvalue weighted by Crippen LogP contribution is -1.99. The van der Waals surface area contributed by atoms with Crippen LogP contribution in [0.15, 0.2) is 133 Å². The fraction of sp³-hybridized carbons (Fsp3) is 0.0556. The molecule has 6 aromatic carbocycles. The van der Waals surface area contributed by atoms with Crippen LogP contribution in [0.1, 0.15) is 11.1 Å². The normalized spacial score (nSPS) is 11.1. The maximum absolute atomic E-state index is 2.27. The van der Waals surface area contributed by atoms with Crippen LogP contribution in [0.5, 0.6) is 0 Å². The SMILES string of the molecule is Cc1ccc(C)c2c(-c3ccccc3)c(-c3ccccc3)c(-c3ccccc3)c(-c3ccccc3)c12. The van der Waals surface area contributed by atoms with Gasteiger partial charge in [-0.15, -0.1) is 0 Å². The molecule has 0 saturated carbocycles. The van der Waals surface area contributed by atoms with Crippen molar-refractivity contribution in [1.82, 2.24) is 0 Å². The Hall–Kier alpha value is -4.42. The largest absolute Gasteiger partial charge is 0.0622 e. The number of hydrogen-bond donors (Lipinski definition) is 0. The van der Waals surface area contributed by atoms with E-state index in [0.717, 1.165) is 0 Å². The monoisotopic (exact) mass is 460 g/mol. The molecule has 0 heteroatoms. The van der Waals surface area contributed by atoms with Crippen LogP contribution in [0.25, 0.3) is 55.3 Å². The Morgan fingerprint density at radius 2 is 0.528 bits per heavy atom. The molecule has 0 aliphatic heterocycles. The summed E-state index contributed by atoms with van der Waals surface area (Å²) in [4.78, 5) is 0. The fourth-order valence-corrected chi connectivity index (χ4v) is 5.53. The molecule has 0 fully saturated rings. The second-order valence-electron chi connectivity index (χ2n) is 9.41. The Labute approximate surface area is 213 Å². The van der Waals surface area contributed by atoms with Gasteiger partial charge in [0, 0.05) is 0 Å². The first-order chi connectivity index (χ1) is 17.7. The summed E-state index contributed by atoms with van der Waals surface area (Å²) in [5.74, 6) is 0. The van der Waals surface area contributed by atoms with Gasteiger partial charge in [-0.1, -0.05) is 133 Å². The maximum atomic E-state index is 2.27. The van der Waals surface area contributed by atoms with E-state index in [2.05, 4.69) is 147 Å². The van der Waals surface area contributed by atoms with Gasteiger partial charge < -0.3 is 0 Å². The Bertz CT molecular complexity index is 1520. The van der Waals surface area contributed by atoms with E-state index < -0.39 is 0 Å². The molecule has 0 aliphatic carbocycles. The lowest BCUT2D eigenvalue weighted by molar-refractivity contribution is 1.45.